The van der Waals surface area contributed by atoms with Crippen LogP contribution in [-0.4, -0.2) is 29.5 Å². The summed E-state index contributed by atoms with van der Waals surface area (Å²) in [6.07, 6.45) is 2.08. The highest BCUT2D eigenvalue weighted by atomic mass is 32.1. The summed E-state index contributed by atoms with van der Waals surface area (Å²) in [5, 5.41) is 4.95. The zero-order valence-corrected chi connectivity index (χ0v) is 18.2. The molecule has 0 aliphatic carbocycles. The fourth-order valence-corrected chi connectivity index (χ4v) is 4.30. The molecule has 2 heterocycles. The minimum absolute atomic E-state index is 0.117. The van der Waals surface area contributed by atoms with E-state index in [2.05, 4.69) is 10.3 Å². The van der Waals surface area contributed by atoms with Gasteiger partial charge >= 0.3 is 0 Å². The van der Waals surface area contributed by atoms with Gasteiger partial charge in [-0.05, 0) is 49.4 Å². The van der Waals surface area contributed by atoms with Crippen LogP contribution in [0.5, 0.6) is 11.5 Å². The number of amides is 1. The van der Waals surface area contributed by atoms with E-state index in [0.29, 0.717) is 11.5 Å². The molecule has 0 bridgehead atoms. The predicted octanol–water partition coefficient (Wildman–Crippen LogP) is 4.64. The highest BCUT2D eigenvalue weighted by molar-refractivity contribution is 7.15. The first-order valence-electron chi connectivity index (χ1n) is 9.71. The number of halogens is 1. The first kappa shape index (κ1) is 20.9. The maximum atomic E-state index is 13.2. The molecule has 0 aliphatic rings. The molecular formula is C23H22FN3O3S. The Kier molecular flexibility index (Phi) is 5.90. The van der Waals surface area contributed by atoms with Crippen LogP contribution in [0.3, 0.4) is 0 Å². The summed E-state index contributed by atoms with van der Waals surface area (Å²) < 4.78 is 25.8. The van der Waals surface area contributed by atoms with Crippen LogP contribution in [0.4, 0.5) is 4.39 Å². The van der Waals surface area contributed by atoms with Crippen LogP contribution in [-0.2, 0) is 11.2 Å². The van der Waals surface area contributed by atoms with Crippen LogP contribution in [0.15, 0.2) is 54.0 Å². The maximum absolute atomic E-state index is 13.2. The molecule has 4 aromatic rings. The SMILES string of the molecule is COc1ccc(OC)c([C@H](C)NC(=O)Cc2csc3nc(-c4ccc(F)cc4)cn23)c1. The number of nitrogens with one attached hydrogen (secondary N) is 1. The van der Waals surface area contributed by atoms with E-state index in [9.17, 15) is 9.18 Å². The second-order valence-electron chi connectivity index (χ2n) is 7.09. The van der Waals surface area contributed by atoms with Gasteiger partial charge in [0.15, 0.2) is 4.96 Å². The molecule has 1 amide bonds. The quantitative estimate of drug-likeness (QED) is 0.456. The van der Waals surface area contributed by atoms with Gasteiger partial charge in [-0.1, -0.05) is 0 Å². The molecule has 2 aromatic carbocycles. The minimum Gasteiger partial charge on any atom is -0.497 e. The average molecular weight is 440 g/mol. The Morgan fingerprint density at radius 1 is 1.19 bits per heavy atom. The van der Waals surface area contributed by atoms with Crippen molar-refractivity contribution in [2.45, 2.75) is 19.4 Å². The highest BCUT2D eigenvalue weighted by Crippen LogP contribution is 2.29. The van der Waals surface area contributed by atoms with Gasteiger partial charge in [-0.25, -0.2) is 9.37 Å². The molecule has 1 N–H and O–H groups in total. The molecule has 1 atom stereocenters. The molecular weight excluding hydrogens is 417 g/mol. The van der Waals surface area contributed by atoms with E-state index in [4.69, 9.17) is 9.47 Å². The summed E-state index contributed by atoms with van der Waals surface area (Å²) in [6.45, 7) is 1.91. The molecule has 0 fully saturated rings. The summed E-state index contributed by atoms with van der Waals surface area (Å²) >= 11 is 1.46. The van der Waals surface area contributed by atoms with Crippen LogP contribution in [0.25, 0.3) is 16.2 Å². The Balaban J connectivity index is 1.50. The van der Waals surface area contributed by atoms with E-state index in [1.807, 2.05) is 41.1 Å². The average Bonchev–Trinajstić information content (AvgIpc) is 3.35. The van der Waals surface area contributed by atoms with Gasteiger partial charge in [-0.2, -0.15) is 0 Å². The van der Waals surface area contributed by atoms with Crippen molar-refractivity contribution in [1.82, 2.24) is 14.7 Å². The van der Waals surface area contributed by atoms with Crippen molar-refractivity contribution in [3.63, 3.8) is 0 Å². The van der Waals surface area contributed by atoms with Crippen LogP contribution >= 0.6 is 11.3 Å². The van der Waals surface area contributed by atoms with E-state index in [1.165, 1.54) is 23.5 Å². The molecule has 0 aliphatic heterocycles. The van der Waals surface area contributed by atoms with Crippen molar-refractivity contribution in [3.8, 4) is 22.8 Å². The van der Waals surface area contributed by atoms with Crippen LogP contribution in [0.2, 0.25) is 0 Å². The van der Waals surface area contributed by atoms with Gasteiger partial charge in [0.05, 0.1) is 32.4 Å². The van der Waals surface area contributed by atoms with Gasteiger partial charge < -0.3 is 14.8 Å². The smallest absolute Gasteiger partial charge is 0.226 e. The fourth-order valence-electron chi connectivity index (χ4n) is 3.43. The van der Waals surface area contributed by atoms with Gasteiger partial charge in [-0.15, -0.1) is 11.3 Å². The van der Waals surface area contributed by atoms with Gasteiger partial charge in [-0.3, -0.25) is 9.20 Å². The molecule has 160 valence electrons. The number of aromatic nitrogens is 2. The van der Waals surface area contributed by atoms with Gasteiger partial charge in [0.25, 0.3) is 0 Å². The van der Waals surface area contributed by atoms with Gasteiger partial charge in [0, 0.05) is 28.4 Å². The third-order valence-corrected chi connectivity index (χ3v) is 5.93. The lowest BCUT2D eigenvalue weighted by Gasteiger charge is -2.18. The van der Waals surface area contributed by atoms with Crippen LogP contribution < -0.4 is 14.8 Å². The number of hydrogen-bond acceptors (Lipinski definition) is 5. The number of ether oxygens (including phenoxy) is 2. The number of carbonyl (C=O) groups excluding carboxylic acids is 1. The number of rotatable bonds is 7. The Hall–Kier alpha value is -3.39. The summed E-state index contributed by atoms with van der Waals surface area (Å²) in [5.74, 6) is 0.978. The number of benzene rings is 2. The van der Waals surface area contributed by atoms with Crippen molar-refractivity contribution in [2.24, 2.45) is 0 Å². The molecule has 0 spiro atoms. The minimum atomic E-state index is -0.288. The summed E-state index contributed by atoms with van der Waals surface area (Å²) in [7, 11) is 3.20. The number of nitrogens with zero attached hydrogens (tertiary/aromatic N) is 2. The second-order valence-corrected chi connectivity index (χ2v) is 7.92. The Bertz CT molecular complexity index is 1220. The topological polar surface area (TPSA) is 64.9 Å². The Labute approximate surface area is 183 Å². The Morgan fingerprint density at radius 3 is 2.68 bits per heavy atom. The standard InChI is InChI=1S/C23H22FN3O3S/c1-14(19-11-18(29-2)8-9-21(19)30-3)25-22(28)10-17-13-31-23-26-20(12-27(17)23)15-4-6-16(24)7-5-15/h4-9,11-14H,10H2,1-3H3,(H,25,28)/t14-/m0/s1. The summed E-state index contributed by atoms with van der Waals surface area (Å²) in [4.78, 5) is 18.1. The largest absolute Gasteiger partial charge is 0.497 e. The third-order valence-electron chi connectivity index (χ3n) is 5.05. The van der Waals surface area contributed by atoms with Crippen molar-refractivity contribution >= 4 is 22.2 Å². The molecule has 2 aromatic heterocycles. The van der Waals surface area contributed by atoms with Crippen LogP contribution in [0.1, 0.15) is 24.2 Å². The molecule has 0 unspecified atom stereocenters. The van der Waals surface area contributed by atoms with Crippen LogP contribution in [0, 0.1) is 5.82 Å². The lowest BCUT2D eigenvalue weighted by Crippen LogP contribution is -2.28. The zero-order chi connectivity index (χ0) is 22.0. The molecule has 0 radical (unpaired) electrons. The zero-order valence-electron chi connectivity index (χ0n) is 17.4. The second kappa shape index (κ2) is 8.77. The summed E-state index contributed by atoms with van der Waals surface area (Å²) in [6, 6.07) is 11.4. The van der Waals surface area contributed by atoms with Crippen molar-refractivity contribution in [2.75, 3.05) is 14.2 Å². The molecule has 31 heavy (non-hydrogen) atoms. The summed E-state index contributed by atoms with van der Waals surface area (Å²) in [5.41, 5.74) is 3.24. The molecule has 6 nitrogen and oxygen atoms in total. The lowest BCUT2D eigenvalue weighted by atomic mass is 10.1. The van der Waals surface area contributed by atoms with E-state index in [0.717, 1.165) is 27.5 Å². The lowest BCUT2D eigenvalue weighted by molar-refractivity contribution is -0.121. The Morgan fingerprint density at radius 2 is 1.97 bits per heavy atom. The van der Waals surface area contributed by atoms with Gasteiger partial charge in [0.2, 0.25) is 5.91 Å². The monoisotopic (exact) mass is 439 g/mol. The van der Waals surface area contributed by atoms with E-state index >= 15 is 0 Å². The van der Waals surface area contributed by atoms with Gasteiger partial charge in [0.1, 0.15) is 17.3 Å². The molecule has 4 rings (SSSR count). The number of imidazole rings is 1. The fraction of sp³-hybridized carbons (Fsp3) is 0.217. The first-order valence-corrected chi connectivity index (χ1v) is 10.6. The first-order chi connectivity index (χ1) is 15.0. The third kappa shape index (κ3) is 4.39. The van der Waals surface area contributed by atoms with E-state index in [-0.39, 0.29) is 24.2 Å². The van der Waals surface area contributed by atoms with Crippen molar-refractivity contribution in [1.29, 1.82) is 0 Å². The van der Waals surface area contributed by atoms with E-state index in [1.54, 1.807) is 26.4 Å². The predicted molar refractivity (Wildman–Crippen MR) is 118 cm³/mol. The number of carbonyl (C=O) groups is 1. The molecule has 0 saturated carbocycles. The number of thiazole rings is 1. The highest BCUT2D eigenvalue weighted by Gasteiger charge is 2.17. The molecule has 0 saturated heterocycles. The molecule has 8 heteroatoms. The number of methoxy groups -OCH3 is 2. The maximum Gasteiger partial charge on any atom is 0.226 e. The number of fused-ring (bicyclic) bond motifs is 1. The number of hydrogen-bond donors (Lipinski definition) is 1. The van der Waals surface area contributed by atoms with E-state index < -0.39 is 0 Å². The van der Waals surface area contributed by atoms with Crippen molar-refractivity contribution in [3.05, 3.63) is 71.1 Å². The van der Waals surface area contributed by atoms with Crippen molar-refractivity contribution < 1.29 is 18.7 Å². The normalized spacial score (nSPS) is 12.0.